The lowest BCUT2D eigenvalue weighted by molar-refractivity contribution is 0.146. The van der Waals surface area contributed by atoms with E-state index >= 15 is 0 Å². The number of hydrogen-bond donors (Lipinski definition) is 2. The predicted molar refractivity (Wildman–Crippen MR) is 67.2 cm³/mol. The van der Waals surface area contributed by atoms with E-state index in [1.165, 1.54) is 32.4 Å². The zero-order valence-electron chi connectivity index (χ0n) is 8.08. The minimum atomic E-state index is 0. The van der Waals surface area contributed by atoms with E-state index in [9.17, 15) is 0 Å². The van der Waals surface area contributed by atoms with E-state index in [2.05, 4.69) is 17.7 Å². The molecule has 0 radical (unpaired) electrons. The lowest BCUT2D eigenvalue weighted by Crippen LogP contribution is -2.54. The van der Waals surface area contributed by atoms with Crippen LogP contribution in [0.1, 0.15) is 19.3 Å². The summed E-state index contributed by atoms with van der Waals surface area (Å²) in [5.41, 5.74) is 0. The first-order valence-corrected chi connectivity index (χ1v) is 4.80. The van der Waals surface area contributed by atoms with Gasteiger partial charge in [-0.15, -0.1) is 34.0 Å². The number of hydrogen-bond acceptors (Lipinski definition) is 2. The molecule has 1 aliphatic heterocycles. The molecule has 2 fully saturated rings. The van der Waals surface area contributed by atoms with Gasteiger partial charge in [-0.3, -0.25) is 0 Å². The molecule has 1 aliphatic carbocycles. The van der Waals surface area contributed by atoms with Gasteiger partial charge in [-0.1, -0.05) is 6.42 Å². The van der Waals surface area contributed by atoms with Crippen molar-refractivity contribution in [3.05, 3.63) is 0 Å². The van der Waals surface area contributed by atoms with E-state index < -0.39 is 0 Å². The maximum Gasteiger partial charge on any atom is 0.0145 e. The summed E-state index contributed by atoms with van der Waals surface area (Å²) in [6, 6.07) is 0.810. The fraction of sp³-hybridized carbons (Fsp3) is 1.00. The number of nitrogens with one attached hydrogen (secondary N) is 2. The van der Waals surface area contributed by atoms with Crippen molar-refractivity contribution in [3.63, 3.8) is 0 Å². The molecule has 2 rings (SSSR count). The summed E-state index contributed by atoms with van der Waals surface area (Å²) in [5.74, 6) is 1.82. The van der Waals surface area contributed by atoms with Crippen LogP contribution in [-0.4, -0.2) is 26.2 Å². The highest BCUT2D eigenvalue weighted by Crippen LogP contribution is 2.31. The van der Waals surface area contributed by atoms with Crippen molar-refractivity contribution in [2.75, 3.05) is 20.1 Å². The van der Waals surface area contributed by atoms with Crippen LogP contribution in [0.5, 0.6) is 0 Å². The van der Waals surface area contributed by atoms with E-state index in [1.807, 2.05) is 0 Å². The van der Waals surface area contributed by atoms with Crippen molar-refractivity contribution in [1.82, 2.24) is 10.6 Å². The summed E-state index contributed by atoms with van der Waals surface area (Å²) < 4.78 is 0. The van der Waals surface area contributed by atoms with Gasteiger partial charge in [0.05, 0.1) is 0 Å². The Kier molecular flexibility index (Phi) is 6.81. The molecule has 13 heavy (non-hydrogen) atoms. The lowest BCUT2D eigenvalue weighted by Gasteiger charge is -2.42. The molecule has 1 saturated carbocycles. The van der Waals surface area contributed by atoms with E-state index in [-0.39, 0.29) is 34.0 Å². The summed E-state index contributed by atoms with van der Waals surface area (Å²) in [6.45, 7) is 2.48. The highest BCUT2D eigenvalue weighted by atomic mass is 79.9. The second kappa shape index (κ2) is 6.38. The van der Waals surface area contributed by atoms with Gasteiger partial charge in [0.2, 0.25) is 0 Å². The van der Waals surface area contributed by atoms with Crippen LogP contribution < -0.4 is 10.6 Å². The Morgan fingerprint density at radius 3 is 2.00 bits per heavy atom. The molecule has 2 aliphatic rings. The van der Waals surface area contributed by atoms with E-state index in [4.69, 9.17) is 0 Å². The molecule has 4 heteroatoms. The normalized spacial score (nSPS) is 37.2. The molecule has 1 saturated heterocycles. The van der Waals surface area contributed by atoms with Crippen LogP contribution in [0.15, 0.2) is 0 Å². The smallest absolute Gasteiger partial charge is 0.0145 e. The van der Waals surface area contributed by atoms with E-state index in [0.717, 1.165) is 17.9 Å². The molecule has 0 aromatic heterocycles. The maximum absolute atomic E-state index is 3.51. The number of rotatable bonds is 1. The van der Waals surface area contributed by atoms with Crippen molar-refractivity contribution in [1.29, 1.82) is 0 Å². The number of piperidine rings is 1. The van der Waals surface area contributed by atoms with Crippen LogP contribution >= 0.6 is 34.0 Å². The van der Waals surface area contributed by atoms with Crippen molar-refractivity contribution in [2.24, 2.45) is 11.8 Å². The van der Waals surface area contributed by atoms with Crippen molar-refractivity contribution < 1.29 is 0 Å². The zero-order chi connectivity index (χ0) is 7.68. The molecule has 0 amide bonds. The Hall–Kier alpha value is 0.880. The quantitative estimate of drug-likeness (QED) is 0.770. The molecule has 0 aromatic rings. The number of fused-ring (bicyclic) bond motifs is 2. The third-order valence-corrected chi connectivity index (χ3v) is 3.31. The number of halogens is 2. The largest absolute Gasteiger partial charge is 0.316 e. The van der Waals surface area contributed by atoms with E-state index in [0.29, 0.717) is 0 Å². The van der Waals surface area contributed by atoms with Gasteiger partial charge >= 0.3 is 0 Å². The molecule has 80 valence electrons. The molecule has 0 spiro atoms. The standard InChI is InChI=1S/C9H18N2.2BrH/c1-10-9-7-3-2-4-8(9)6-11-5-7;;/h7-11H,2-6H2,1H3;2*1H. The minimum absolute atomic E-state index is 0. The zero-order valence-corrected chi connectivity index (χ0v) is 11.5. The highest BCUT2D eigenvalue weighted by molar-refractivity contribution is 8.93. The topological polar surface area (TPSA) is 24.1 Å². The minimum Gasteiger partial charge on any atom is -0.316 e. The Labute approximate surface area is 102 Å². The molecular formula is C9H20Br2N2. The Morgan fingerprint density at radius 2 is 1.62 bits per heavy atom. The first-order chi connectivity index (χ1) is 5.42. The van der Waals surface area contributed by atoms with Crippen molar-refractivity contribution >= 4 is 34.0 Å². The summed E-state index contributed by atoms with van der Waals surface area (Å²) in [6.07, 6.45) is 4.30. The van der Waals surface area contributed by atoms with Gasteiger partial charge < -0.3 is 10.6 Å². The molecule has 2 atom stereocenters. The van der Waals surface area contributed by atoms with Crippen LogP contribution in [0.2, 0.25) is 0 Å². The first-order valence-electron chi connectivity index (χ1n) is 4.80. The third kappa shape index (κ3) is 2.91. The summed E-state index contributed by atoms with van der Waals surface area (Å²) in [4.78, 5) is 0. The summed E-state index contributed by atoms with van der Waals surface area (Å²) >= 11 is 0. The molecule has 2 nitrogen and oxygen atoms in total. The van der Waals surface area contributed by atoms with Crippen LogP contribution in [-0.2, 0) is 0 Å². The predicted octanol–water partition coefficient (Wildman–Crippen LogP) is 1.75. The van der Waals surface area contributed by atoms with Gasteiger partial charge in [0.15, 0.2) is 0 Å². The van der Waals surface area contributed by atoms with Crippen LogP contribution in [0.4, 0.5) is 0 Å². The SMILES string of the molecule is Br.Br.CNC1C2CCCC1CNC2. The highest BCUT2D eigenvalue weighted by Gasteiger charge is 2.34. The van der Waals surface area contributed by atoms with Crippen molar-refractivity contribution in [2.45, 2.75) is 25.3 Å². The monoisotopic (exact) mass is 314 g/mol. The fourth-order valence-corrected chi connectivity index (χ4v) is 2.77. The second-order valence-electron chi connectivity index (χ2n) is 3.92. The molecule has 2 unspecified atom stereocenters. The van der Waals surface area contributed by atoms with Gasteiger partial charge in [0, 0.05) is 6.04 Å². The Bertz CT molecular complexity index is 122. The van der Waals surface area contributed by atoms with Gasteiger partial charge in [-0.2, -0.15) is 0 Å². The summed E-state index contributed by atoms with van der Waals surface area (Å²) in [7, 11) is 2.11. The van der Waals surface area contributed by atoms with Crippen LogP contribution in [0.25, 0.3) is 0 Å². The first kappa shape index (κ1) is 13.9. The van der Waals surface area contributed by atoms with E-state index in [1.54, 1.807) is 0 Å². The van der Waals surface area contributed by atoms with Gasteiger partial charge in [-0.25, -0.2) is 0 Å². The molecule has 1 heterocycles. The van der Waals surface area contributed by atoms with Crippen LogP contribution in [0.3, 0.4) is 0 Å². The molecule has 2 N–H and O–H groups in total. The van der Waals surface area contributed by atoms with Crippen LogP contribution in [0, 0.1) is 11.8 Å². The third-order valence-electron chi connectivity index (χ3n) is 3.31. The maximum atomic E-state index is 3.51. The second-order valence-corrected chi connectivity index (χ2v) is 3.92. The van der Waals surface area contributed by atoms with Gasteiger partial charge in [0.1, 0.15) is 0 Å². The molecule has 2 bridgehead atoms. The molecule has 0 aromatic carbocycles. The average molecular weight is 316 g/mol. The lowest BCUT2D eigenvalue weighted by atomic mass is 9.74. The van der Waals surface area contributed by atoms with Gasteiger partial charge in [0.25, 0.3) is 0 Å². The molecular weight excluding hydrogens is 296 g/mol. The average Bonchev–Trinajstić information content (AvgIpc) is 2.03. The summed E-state index contributed by atoms with van der Waals surface area (Å²) in [5, 5.41) is 6.98. The Balaban J connectivity index is 0.000000720. The van der Waals surface area contributed by atoms with Crippen molar-refractivity contribution in [3.8, 4) is 0 Å². The van der Waals surface area contributed by atoms with Gasteiger partial charge in [-0.05, 0) is 44.8 Å². The fourth-order valence-electron chi connectivity index (χ4n) is 2.77. The Morgan fingerprint density at radius 1 is 1.08 bits per heavy atom.